The van der Waals surface area contributed by atoms with E-state index in [-0.39, 0.29) is 5.91 Å². The number of thioether (sulfide) groups is 1. The second-order valence-electron chi connectivity index (χ2n) is 6.85. The Hall–Kier alpha value is -1.96. The Labute approximate surface area is 190 Å². The van der Waals surface area contributed by atoms with Crippen molar-refractivity contribution in [1.82, 2.24) is 24.8 Å². The average Bonchev–Trinajstić information content (AvgIpc) is 3.28. The highest BCUT2D eigenvalue weighted by atomic mass is 127. The number of halogens is 1. The number of carbonyl (C=O) groups excluding carboxylic acids is 1. The van der Waals surface area contributed by atoms with Crippen LogP contribution in [0.2, 0.25) is 0 Å². The van der Waals surface area contributed by atoms with E-state index >= 15 is 0 Å². The molecule has 1 aliphatic rings. The van der Waals surface area contributed by atoms with Gasteiger partial charge in [0.25, 0.3) is 0 Å². The van der Waals surface area contributed by atoms with E-state index < -0.39 is 22.8 Å². The fourth-order valence-electron chi connectivity index (χ4n) is 3.38. The van der Waals surface area contributed by atoms with E-state index in [1.807, 2.05) is 25.1 Å². The Morgan fingerprint density at radius 3 is 2.87 bits per heavy atom. The molecule has 4 rings (SSSR count). The molecule has 0 spiro atoms. The molecule has 1 aromatic carbocycles. The molecule has 3 aromatic rings. The summed E-state index contributed by atoms with van der Waals surface area (Å²) in [5, 5.41) is 25.6. The van der Waals surface area contributed by atoms with Crippen molar-refractivity contribution in [3.8, 4) is 0 Å². The average molecular weight is 540 g/mol. The van der Waals surface area contributed by atoms with Gasteiger partial charge in [0, 0.05) is 16.7 Å². The van der Waals surface area contributed by atoms with E-state index in [2.05, 4.69) is 54.2 Å². The Balaban J connectivity index is 1.58. The molecule has 9 nitrogen and oxygen atoms in total. The monoisotopic (exact) mass is 540 g/mol. The third kappa shape index (κ3) is 4.11. The molecule has 0 aliphatic carbocycles. The number of benzene rings is 1. The van der Waals surface area contributed by atoms with Crippen molar-refractivity contribution in [3.05, 3.63) is 46.1 Å². The van der Waals surface area contributed by atoms with Crippen LogP contribution < -0.4 is 10.6 Å². The van der Waals surface area contributed by atoms with Gasteiger partial charge in [-0.25, -0.2) is 15.0 Å². The summed E-state index contributed by atoms with van der Waals surface area (Å²) in [6.07, 6.45) is 0.687. The van der Waals surface area contributed by atoms with Gasteiger partial charge in [-0.2, -0.15) is 0 Å². The minimum Gasteiger partial charge on any atom is -0.389 e. The number of fused-ring (bicyclic) bond motifs is 1. The summed E-state index contributed by atoms with van der Waals surface area (Å²) < 4.78 is 2.84. The van der Waals surface area contributed by atoms with Crippen LogP contribution in [0, 0.1) is 3.57 Å². The summed E-state index contributed by atoms with van der Waals surface area (Å²) in [7, 11) is 0. The number of anilines is 1. The van der Waals surface area contributed by atoms with Crippen molar-refractivity contribution in [1.29, 1.82) is 0 Å². The van der Waals surface area contributed by atoms with Crippen LogP contribution in [0.5, 0.6) is 0 Å². The summed E-state index contributed by atoms with van der Waals surface area (Å²) in [6, 6.07) is 8.14. The third-order valence-electron chi connectivity index (χ3n) is 4.83. The van der Waals surface area contributed by atoms with Gasteiger partial charge >= 0.3 is 0 Å². The number of amides is 1. The van der Waals surface area contributed by atoms with Crippen LogP contribution in [0.4, 0.5) is 5.82 Å². The maximum Gasteiger partial charge on any atom is 0.235 e. The lowest BCUT2D eigenvalue weighted by molar-refractivity contribution is -0.123. The third-order valence-corrected chi connectivity index (χ3v) is 7.07. The van der Waals surface area contributed by atoms with E-state index in [9.17, 15) is 15.0 Å². The molecule has 1 aliphatic heterocycles. The molecule has 30 heavy (non-hydrogen) atoms. The molecule has 4 N–H and O–H groups in total. The second kappa shape index (κ2) is 9.04. The van der Waals surface area contributed by atoms with Gasteiger partial charge < -0.3 is 20.8 Å². The fraction of sp³-hybridized carbons (Fsp3) is 0.368. The standard InChI is InChI=1S/C19H21IN6O3S/c1-2-21-18(29)15-13(27)14(28)19(30-15)26-9-25-12-16(23-8-24-17(12)26)22-7-10-4-3-5-11(20)6-10/h3-6,8-9,13-15,19,27-28H,2,7H2,1H3,(H,21,29)(H,22,23,24)/t13-,14+,15-,19+/m0/s1. The van der Waals surface area contributed by atoms with Gasteiger partial charge in [-0.1, -0.05) is 12.1 Å². The van der Waals surface area contributed by atoms with Gasteiger partial charge in [-0.15, -0.1) is 11.8 Å². The van der Waals surface area contributed by atoms with Crippen LogP contribution in [-0.2, 0) is 11.3 Å². The van der Waals surface area contributed by atoms with Crippen LogP contribution >= 0.6 is 34.4 Å². The lowest BCUT2D eigenvalue weighted by Crippen LogP contribution is -2.41. The first-order valence-corrected chi connectivity index (χ1v) is 11.5. The zero-order valence-corrected chi connectivity index (χ0v) is 19.0. The first-order valence-electron chi connectivity index (χ1n) is 9.44. The molecule has 0 saturated carbocycles. The first-order chi connectivity index (χ1) is 14.5. The number of aromatic nitrogens is 4. The van der Waals surface area contributed by atoms with E-state index in [4.69, 9.17) is 0 Å². The summed E-state index contributed by atoms with van der Waals surface area (Å²) in [5.74, 6) is 0.284. The summed E-state index contributed by atoms with van der Waals surface area (Å²) >= 11 is 3.46. The number of nitrogens with one attached hydrogen (secondary N) is 2. The molecule has 1 fully saturated rings. The largest absolute Gasteiger partial charge is 0.389 e. The number of aliphatic hydroxyl groups is 2. The van der Waals surface area contributed by atoms with Crippen molar-refractivity contribution in [2.24, 2.45) is 0 Å². The Morgan fingerprint density at radius 2 is 2.10 bits per heavy atom. The molecule has 3 heterocycles. The highest BCUT2D eigenvalue weighted by molar-refractivity contribution is 14.1. The van der Waals surface area contributed by atoms with Crippen LogP contribution in [0.25, 0.3) is 11.2 Å². The molecular weight excluding hydrogens is 519 g/mol. The molecule has 11 heteroatoms. The lowest BCUT2D eigenvalue weighted by atomic mass is 10.1. The van der Waals surface area contributed by atoms with Crippen molar-refractivity contribution in [2.75, 3.05) is 11.9 Å². The van der Waals surface area contributed by atoms with Crippen LogP contribution in [-0.4, -0.2) is 59.6 Å². The van der Waals surface area contributed by atoms with Gasteiger partial charge in [0.1, 0.15) is 34.7 Å². The summed E-state index contributed by atoms with van der Waals surface area (Å²) in [5.41, 5.74) is 2.20. The molecule has 2 aromatic heterocycles. The van der Waals surface area contributed by atoms with Crippen molar-refractivity contribution in [3.63, 3.8) is 0 Å². The van der Waals surface area contributed by atoms with Gasteiger partial charge in [0.2, 0.25) is 5.91 Å². The topological polar surface area (TPSA) is 125 Å². The smallest absolute Gasteiger partial charge is 0.235 e. The summed E-state index contributed by atoms with van der Waals surface area (Å²) in [4.78, 5) is 25.3. The van der Waals surface area contributed by atoms with Gasteiger partial charge in [0.15, 0.2) is 11.5 Å². The fourth-order valence-corrected chi connectivity index (χ4v) is 5.43. The Kier molecular flexibility index (Phi) is 6.41. The Morgan fingerprint density at radius 1 is 1.27 bits per heavy atom. The van der Waals surface area contributed by atoms with Crippen molar-refractivity contribution in [2.45, 2.75) is 36.3 Å². The van der Waals surface area contributed by atoms with Crippen LogP contribution in [0.3, 0.4) is 0 Å². The molecule has 0 radical (unpaired) electrons. The van der Waals surface area contributed by atoms with E-state index in [0.29, 0.717) is 30.1 Å². The normalized spacial score (nSPS) is 23.6. The van der Waals surface area contributed by atoms with Crippen molar-refractivity contribution >= 4 is 57.2 Å². The van der Waals surface area contributed by atoms with Gasteiger partial charge in [-0.05, 0) is 47.2 Å². The predicted octanol–water partition coefficient (Wildman–Crippen LogP) is 1.51. The molecule has 0 bridgehead atoms. The number of rotatable bonds is 6. The number of carbonyl (C=O) groups is 1. The molecule has 158 valence electrons. The minimum absolute atomic E-state index is 0.296. The van der Waals surface area contributed by atoms with Gasteiger partial charge in [-0.3, -0.25) is 9.36 Å². The highest BCUT2D eigenvalue weighted by Gasteiger charge is 2.47. The molecule has 4 atom stereocenters. The lowest BCUT2D eigenvalue weighted by Gasteiger charge is -2.17. The van der Waals surface area contributed by atoms with Crippen molar-refractivity contribution < 1.29 is 15.0 Å². The SMILES string of the molecule is CCNC(=O)[C@H]1S[C@@H](n2cnc3c(NCc4cccc(I)c4)ncnc32)[C@H](O)[C@@H]1O. The predicted molar refractivity (Wildman–Crippen MR) is 123 cm³/mol. The number of imidazole rings is 1. The van der Waals surface area contributed by atoms with E-state index in [1.165, 1.54) is 18.1 Å². The maximum absolute atomic E-state index is 12.2. The van der Waals surface area contributed by atoms with Crippen LogP contribution in [0.1, 0.15) is 17.9 Å². The zero-order chi connectivity index (χ0) is 21.3. The first kappa shape index (κ1) is 21.3. The highest BCUT2D eigenvalue weighted by Crippen LogP contribution is 2.43. The molecule has 1 saturated heterocycles. The molecule has 0 unspecified atom stereocenters. The minimum atomic E-state index is -1.18. The zero-order valence-electron chi connectivity index (χ0n) is 16.1. The second-order valence-corrected chi connectivity index (χ2v) is 9.36. The van der Waals surface area contributed by atoms with Crippen LogP contribution in [0.15, 0.2) is 36.9 Å². The Bertz CT molecular complexity index is 1060. The number of hydrogen-bond donors (Lipinski definition) is 4. The molecular formula is C19H21IN6O3S. The number of nitrogens with zero attached hydrogens (tertiary/aromatic N) is 4. The number of hydrogen-bond acceptors (Lipinski definition) is 8. The van der Waals surface area contributed by atoms with Gasteiger partial charge in [0.05, 0.1) is 6.33 Å². The number of aliphatic hydroxyl groups excluding tert-OH is 2. The van der Waals surface area contributed by atoms with E-state index in [1.54, 1.807) is 10.9 Å². The summed E-state index contributed by atoms with van der Waals surface area (Å²) in [6.45, 7) is 2.84. The quantitative estimate of drug-likeness (QED) is 0.347. The maximum atomic E-state index is 12.2. The molecule has 1 amide bonds. The van der Waals surface area contributed by atoms with E-state index in [0.717, 1.165) is 9.13 Å².